The van der Waals surface area contributed by atoms with E-state index < -0.39 is 4.33 Å². The van der Waals surface area contributed by atoms with Crippen molar-refractivity contribution in [2.45, 2.75) is 22.1 Å². The third-order valence-corrected chi connectivity index (χ3v) is 6.77. The largest absolute Gasteiger partial charge is 0.337 e. The van der Waals surface area contributed by atoms with Gasteiger partial charge in [-0.15, -0.1) is 35.0 Å². The number of amides is 2. The lowest BCUT2D eigenvalue weighted by molar-refractivity contribution is 0.252. The van der Waals surface area contributed by atoms with E-state index in [0.717, 1.165) is 34.1 Å². The van der Waals surface area contributed by atoms with Crippen molar-refractivity contribution in [2.75, 3.05) is 17.6 Å². The number of fused-ring (bicyclic) bond motifs is 1. The fourth-order valence-corrected chi connectivity index (χ4v) is 4.86. The van der Waals surface area contributed by atoms with Crippen molar-refractivity contribution in [1.82, 2.24) is 14.7 Å². The number of nitrogens with zero attached hydrogens (tertiary/aromatic N) is 2. The van der Waals surface area contributed by atoms with Crippen molar-refractivity contribution < 1.29 is 4.79 Å². The molecule has 1 aliphatic carbocycles. The van der Waals surface area contributed by atoms with Crippen LogP contribution in [0.15, 0.2) is 59.8 Å². The molecule has 0 bridgehead atoms. The highest BCUT2D eigenvalue weighted by molar-refractivity contribution is 7.99. The van der Waals surface area contributed by atoms with Gasteiger partial charge in [0.05, 0.1) is 11.4 Å². The number of aromatic nitrogens is 2. The minimum atomic E-state index is -0.579. The van der Waals surface area contributed by atoms with E-state index in [2.05, 4.69) is 15.6 Å². The summed E-state index contributed by atoms with van der Waals surface area (Å²) in [5.74, 6) is 1.13. The molecule has 2 amide bonds. The molecule has 1 fully saturated rings. The Bertz CT molecular complexity index is 958. The van der Waals surface area contributed by atoms with E-state index in [4.69, 9.17) is 23.2 Å². The molecule has 2 aromatic heterocycles. The molecule has 2 N–H and O–H groups in total. The lowest BCUT2D eigenvalue weighted by Gasteiger charge is -2.11. The molecule has 1 aliphatic rings. The number of hydrogen-bond donors (Lipinski definition) is 2. The van der Waals surface area contributed by atoms with Crippen LogP contribution in [-0.4, -0.2) is 32.0 Å². The molecule has 1 aromatic carbocycles. The average molecular weight is 435 g/mol. The van der Waals surface area contributed by atoms with Crippen LogP contribution in [0.2, 0.25) is 0 Å². The molecule has 0 spiro atoms. The van der Waals surface area contributed by atoms with Crippen LogP contribution in [-0.2, 0) is 6.42 Å². The van der Waals surface area contributed by atoms with Crippen molar-refractivity contribution in [3.8, 4) is 0 Å². The highest BCUT2D eigenvalue weighted by Crippen LogP contribution is 2.55. The van der Waals surface area contributed by atoms with E-state index in [-0.39, 0.29) is 6.03 Å². The van der Waals surface area contributed by atoms with Gasteiger partial charge in [0.15, 0.2) is 0 Å². The van der Waals surface area contributed by atoms with Crippen LogP contribution >= 0.6 is 35.0 Å². The third-order valence-electron chi connectivity index (χ3n) is 4.61. The second kappa shape index (κ2) is 8.23. The molecular formula is C20H20Cl2N4OS. The van der Waals surface area contributed by atoms with Crippen molar-refractivity contribution >= 4 is 52.3 Å². The molecule has 1 unspecified atom stereocenters. The van der Waals surface area contributed by atoms with Crippen molar-refractivity contribution in [3.63, 3.8) is 0 Å². The van der Waals surface area contributed by atoms with Gasteiger partial charge in [0.1, 0.15) is 9.98 Å². The first-order chi connectivity index (χ1) is 13.5. The van der Waals surface area contributed by atoms with Crippen LogP contribution in [0.25, 0.3) is 5.65 Å². The van der Waals surface area contributed by atoms with Crippen molar-refractivity contribution in [2.24, 2.45) is 5.92 Å². The van der Waals surface area contributed by atoms with Crippen LogP contribution in [0.1, 0.15) is 12.1 Å². The van der Waals surface area contributed by atoms with Crippen LogP contribution in [0, 0.1) is 5.92 Å². The average Bonchev–Trinajstić information content (AvgIpc) is 3.09. The molecule has 1 atom stereocenters. The van der Waals surface area contributed by atoms with Crippen LogP contribution in [0.4, 0.5) is 10.5 Å². The van der Waals surface area contributed by atoms with Gasteiger partial charge in [-0.3, -0.25) is 0 Å². The number of thioether (sulfide) groups is 1. The summed E-state index contributed by atoms with van der Waals surface area (Å²) >= 11 is 13.9. The van der Waals surface area contributed by atoms with Crippen molar-refractivity contribution in [1.29, 1.82) is 0 Å². The predicted octanol–water partition coefficient (Wildman–Crippen LogP) is 4.98. The Morgan fingerprint density at radius 2 is 2.04 bits per heavy atom. The molecule has 28 heavy (non-hydrogen) atoms. The fraction of sp³-hybridized carbons (Fsp3) is 0.300. The first-order valence-corrected chi connectivity index (χ1v) is 10.8. The normalized spacial score (nSPS) is 17.4. The van der Waals surface area contributed by atoms with E-state index >= 15 is 0 Å². The van der Waals surface area contributed by atoms with Gasteiger partial charge in [-0.2, -0.15) is 0 Å². The first-order valence-electron chi connectivity index (χ1n) is 9.08. The number of halogens is 2. The number of pyridine rings is 1. The zero-order valence-electron chi connectivity index (χ0n) is 15.1. The van der Waals surface area contributed by atoms with Crippen LogP contribution < -0.4 is 10.6 Å². The Labute approximate surface area is 177 Å². The maximum Gasteiger partial charge on any atom is 0.319 e. The van der Waals surface area contributed by atoms with E-state index in [1.54, 1.807) is 11.8 Å². The zero-order valence-corrected chi connectivity index (χ0v) is 17.4. The molecule has 0 saturated heterocycles. The summed E-state index contributed by atoms with van der Waals surface area (Å²) in [5, 5.41) is 5.82. The molecule has 8 heteroatoms. The predicted molar refractivity (Wildman–Crippen MR) is 116 cm³/mol. The van der Waals surface area contributed by atoms with E-state index in [0.29, 0.717) is 18.9 Å². The number of anilines is 1. The minimum absolute atomic E-state index is 0.229. The molecule has 0 radical (unpaired) electrons. The number of nitrogens with one attached hydrogen (secondary N) is 2. The summed E-state index contributed by atoms with van der Waals surface area (Å²) in [6.07, 6.45) is 5.43. The number of benzene rings is 1. The summed E-state index contributed by atoms with van der Waals surface area (Å²) in [5.41, 5.74) is 2.63. The van der Waals surface area contributed by atoms with Crippen LogP contribution in [0.3, 0.4) is 0 Å². The number of imidazole rings is 1. The number of hydrogen-bond acceptors (Lipinski definition) is 3. The van der Waals surface area contributed by atoms with Gasteiger partial charge >= 0.3 is 6.03 Å². The van der Waals surface area contributed by atoms with Crippen molar-refractivity contribution in [3.05, 3.63) is 60.6 Å². The minimum Gasteiger partial charge on any atom is -0.337 e. The number of alkyl halides is 2. The molecule has 1 saturated carbocycles. The van der Waals surface area contributed by atoms with E-state index in [9.17, 15) is 4.79 Å². The van der Waals surface area contributed by atoms with Gasteiger partial charge in [0.25, 0.3) is 0 Å². The fourth-order valence-electron chi connectivity index (χ4n) is 2.91. The Hall–Kier alpha value is -1.89. The van der Waals surface area contributed by atoms with Gasteiger partial charge in [0.2, 0.25) is 0 Å². The number of para-hydroxylation sites is 1. The third kappa shape index (κ3) is 4.74. The number of carbonyl (C=O) groups is 1. The second-order valence-corrected chi connectivity index (χ2v) is 9.40. The van der Waals surface area contributed by atoms with Gasteiger partial charge in [-0.05, 0) is 30.7 Å². The summed E-state index contributed by atoms with van der Waals surface area (Å²) in [7, 11) is 0. The Morgan fingerprint density at radius 1 is 1.25 bits per heavy atom. The van der Waals surface area contributed by atoms with Gasteiger partial charge in [-0.25, -0.2) is 9.78 Å². The maximum absolute atomic E-state index is 12.3. The number of carbonyl (C=O) groups excluding carboxylic acids is 1. The summed E-state index contributed by atoms with van der Waals surface area (Å²) in [4.78, 5) is 17.8. The molecule has 0 aliphatic heterocycles. The van der Waals surface area contributed by atoms with Gasteiger partial charge in [0, 0.05) is 41.9 Å². The summed E-state index contributed by atoms with van der Waals surface area (Å²) in [6, 6.07) is 13.4. The zero-order chi connectivity index (χ0) is 19.6. The molecule has 146 valence electrons. The number of urea groups is 1. The molecule has 4 rings (SSSR count). The SMILES string of the molecule is O=C(NCCc1cn2ccccc2n1)Nc1ccccc1SCC1CC1(Cl)Cl. The smallest absolute Gasteiger partial charge is 0.319 e. The maximum atomic E-state index is 12.3. The number of rotatable bonds is 7. The van der Waals surface area contributed by atoms with Gasteiger partial charge in [-0.1, -0.05) is 18.2 Å². The Morgan fingerprint density at radius 3 is 2.82 bits per heavy atom. The molecule has 2 heterocycles. The topological polar surface area (TPSA) is 58.4 Å². The first kappa shape index (κ1) is 19.4. The van der Waals surface area contributed by atoms with Gasteiger partial charge < -0.3 is 15.0 Å². The lowest BCUT2D eigenvalue weighted by Crippen LogP contribution is -2.30. The highest BCUT2D eigenvalue weighted by Gasteiger charge is 2.51. The molecule has 3 aromatic rings. The summed E-state index contributed by atoms with van der Waals surface area (Å²) in [6.45, 7) is 0.508. The Balaban J connectivity index is 1.27. The highest BCUT2D eigenvalue weighted by atomic mass is 35.5. The van der Waals surface area contributed by atoms with Crippen LogP contribution in [0.5, 0.6) is 0 Å². The lowest BCUT2D eigenvalue weighted by atomic mass is 10.3. The second-order valence-electron chi connectivity index (χ2n) is 6.80. The van der Waals surface area contributed by atoms with E-state index in [1.807, 2.05) is 59.3 Å². The molecular weight excluding hydrogens is 415 g/mol. The standard InChI is InChI=1S/C20H20Cl2N4OS/c21-20(22)11-14(20)13-28-17-6-2-1-5-16(17)25-19(27)23-9-8-15-12-26-10-4-3-7-18(26)24-15/h1-7,10,12,14H,8-9,11,13H2,(H2,23,25,27). The molecule has 5 nitrogen and oxygen atoms in total. The quantitative estimate of drug-likeness (QED) is 0.406. The van der Waals surface area contributed by atoms with E-state index in [1.165, 1.54) is 0 Å². The summed E-state index contributed by atoms with van der Waals surface area (Å²) < 4.78 is 1.39. The monoisotopic (exact) mass is 434 g/mol. The Kier molecular flexibility index (Phi) is 5.71.